The van der Waals surface area contributed by atoms with Crippen molar-refractivity contribution in [1.82, 2.24) is 0 Å². The molecule has 0 atom stereocenters. The lowest BCUT2D eigenvalue weighted by atomic mass is 9.83. The highest BCUT2D eigenvalue weighted by Crippen LogP contribution is 2.27. The molecule has 5 rings (SSSR count). The molecule has 1 aliphatic rings. The van der Waals surface area contributed by atoms with Crippen LogP contribution in [-0.2, 0) is 6.42 Å². The van der Waals surface area contributed by atoms with Gasteiger partial charge in [0.05, 0.1) is 0 Å². The van der Waals surface area contributed by atoms with E-state index < -0.39 is 0 Å². The highest BCUT2D eigenvalue weighted by molar-refractivity contribution is 6.28. The molecule has 0 saturated carbocycles. The molecular weight excluding hydrogens is 396 g/mol. The Bertz CT molecular complexity index is 1250. The van der Waals surface area contributed by atoms with Crippen LogP contribution in [0.25, 0.3) is 0 Å². The van der Waals surface area contributed by atoms with Crippen molar-refractivity contribution in [2.24, 2.45) is 0 Å². The molecule has 0 heterocycles. The standard InChI is InChI=1S/C16H12O2.C13H10O/c1-2-10-7-8-13-14(9-10)16(18)12-6-4-3-5-11(12)15(13)17;14-13(11-7-3-1-4-8-11)12-9-5-2-6-10-12/h3-9H,2H2,1H3;1-10H. The van der Waals surface area contributed by atoms with Crippen LogP contribution in [0.4, 0.5) is 0 Å². The number of hydrogen-bond acceptors (Lipinski definition) is 3. The van der Waals surface area contributed by atoms with Crippen LogP contribution in [0.15, 0.2) is 103 Å². The molecule has 0 aliphatic heterocycles. The number of ketones is 3. The van der Waals surface area contributed by atoms with E-state index in [1.54, 1.807) is 30.3 Å². The van der Waals surface area contributed by atoms with E-state index in [1.807, 2.05) is 79.7 Å². The van der Waals surface area contributed by atoms with Crippen molar-refractivity contribution in [3.8, 4) is 0 Å². The minimum absolute atomic E-state index is 0.0458. The number of carbonyl (C=O) groups is 3. The average molecular weight is 418 g/mol. The SMILES string of the molecule is CCc1ccc2c(c1)C(=O)c1ccccc1C2=O.O=C(c1ccccc1)c1ccccc1. The van der Waals surface area contributed by atoms with Crippen molar-refractivity contribution < 1.29 is 14.4 Å². The Labute approximate surface area is 187 Å². The summed E-state index contributed by atoms with van der Waals surface area (Å²) in [6, 6.07) is 31.1. The normalized spacial score (nSPS) is 11.7. The Hall–Kier alpha value is -4.11. The maximum atomic E-state index is 12.4. The lowest BCUT2D eigenvalue weighted by molar-refractivity contribution is 0.0979. The summed E-state index contributed by atoms with van der Waals surface area (Å²) in [5.41, 5.74) is 4.64. The van der Waals surface area contributed by atoms with E-state index in [-0.39, 0.29) is 17.3 Å². The molecule has 156 valence electrons. The summed E-state index contributed by atoms with van der Waals surface area (Å²) in [7, 11) is 0. The number of benzene rings is 4. The van der Waals surface area contributed by atoms with Crippen molar-refractivity contribution in [2.75, 3.05) is 0 Å². The molecule has 32 heavy (non-hydrogen) atoms. The number of rotatable bonds is 3. The van der Waals surface area contributed by atoms with Gasteiger partial charge in [-0.1, -0.05) is 104 Å². The van der Waals surface area contributed by atoms with Gasteiger partial charge >= 0.3 is 0 Å². The van der Waals surface area contributed by atoms with Gasteiger partial charge in [-0.2, -0.15) is 0 Å². The smallest absolute Gasteiger partial charge is 0.194 e. The number of carbonyl (C=O) groups excluding carboxylic acids is 3. The van der Waals surface area contributed by atoms with E-state index in [0.717, 1.165) is 23.1 Å². The molecule has 0 spiro atoms. The van der Waals surface area contributed by atoms with Crippen LogP contribution in [-0.4, -0.2) is 17.3 Å². The highest BCUT2D eigenvalue weighted by Gasteiger charge is 2.29. The fourth-order valence-electron chi connectivity index (χ4n) is 3.71. The van der Waals surface area contributed by atoms with E-state index in [9.17, 15) is 14.4 Å². The molecule has 3 heteroatoms. The summed E-state index contributed by atoms with van der Waals surface area (Å²) in [4.78, 5) is 36.5. The highest BCUT2D eigenvalue weighted by atomic mass is 16.1. The van der Waals surface area contributed by atoms with Crippen LogP contribution < -0.4 is 0 Å². The topological polar surface area (TPSA) is 51.2 Å². The van der Waals surface area contributed by atoms with Gasteiger partial charge in [-0.05, 0) is 18.1 Å². The van der Waals surface area contributed by atoms with Crippen LogP contribution in [0.2, 0.25) is 0 Å². The Balaban J connectivity index is 0.000000158. The van der Waals surface area contributed by atoms with Gasteiger partial charge in [0.2, 0.25) is 0 Å². The third kappa shape index (κ3) is 4.19. The molecule has 1 aliphatic carbocycles. The second kappa shape index (κ2) is 9.36. The van der Waals surface area contributed by atoms with Gasteiger partial charge in [-0.3, -0.25) is 14.4 Å². The summed E-state index contributed by atoms with van der Waals surface area (Å²) < 4.78 is 0. The Morgan fingerprint density at radius 1 is 0.562 bits per heavy atom. The number of aryl methyl sites for hydroxylation is 1. The van der Waals surface area contributed by atoms with Crippen LogP contribution in [0, 0.1) is 0 Å². The van der Waals surface area contributed by atoms with E-state index in [2.05, 4.69) is 0 Å². The number of hydrogen-bond donors (Lipinski definition) is 0. The molecule has 0 amide bonds. The van der Waals surface area contributed by atoms with Gasteiger partial charge < -0.3 is 0 Å². The van der Waals surface area contributed by atoms with E-state index in [1.165, 1.54) is 0 Å². The molecule has 4 aromatic rings. The molecule has 0 radical (unpaired) electrons. The molecule has 0 saturated heterocycles. The maximum Gasteiger partial charge on any atom is 0.194 e. The van der Waals surface area contributed by atoms with E-state index in [4.69, 9.17) is 0 Å². The van der Waals surface area contributed by atoms with Crippen LogP contribution >= 0.6 is 0 Å². The van der Waals surface area contributed by atoms with Gasteiger partial charge in [0.15, 0.2) is 17.3 Å². The molecule has 4 aromatic carbocycles. The zero-order valence-corrected chi connectivity index (χ0v) is 17.7. The summed E-state index contributed by atoms with van der Waals surface area (Å²) in [5, 5.41) is 0. The van der Waals surface area contributed by atoms with Crippen molar-refractivity contribution in [3.63, 3.8) is 0 Å². The molecule has 3 nitrogen and oxygen atoms in total. The maximum absolute atomic E-state index is 12.4. The molecular formula is C29H22O3. The fraction of sp³-hybridized carbons (Fsp3) is 0.0690. The summed E-state index contributed by atoms with van der Waals surface area (Å²) in [6.45, 7) is 2.03. The zero-order valence-electron chi connectivity index (χ0n) is 17.7. The quantitative estimate of drug-likeness (QED) is 0.341. The van der Waals surface area contributed by atoms with Crippen LogP contribution in [0.5, 0.6) is 0 Å². The average Bonchev–Trinajstić information content (AvgIpc) is 2.88. The Morgan fingerprint density at radius 3 is 1.50 bits per heavy atom. The monoisotopic (exact) mass is 418 g/mol. The van der Waals surface area contributed by atoms with Crippen molar-refractivity contribution in [1.29, 1.82) is 0 Å². The third-order valence-electron chi connectivity index (χ3n) is 5.47. The van der Waals surface area contributed by atoms with Gasteiger partial charge in [0.25, 0.3) is 0 Å². The summed E-state index contributed by atoms with van der Waals surface area (Å²) >= 11 is 0. The molecule has 0 N–H and O–H groups in total. The first-order valence-electron chi connectivity index (χ1n) is 10.6. The Morgan fingerprint density at radius 2 is 1.00 bits per heavy atom. The molecule has 0 bridgehead atoms. The van der Waals surface area contributed by atoms with Crippen LogP contribution in [0.3, 0.4) is 0 Å². The number of fused-ring (bicyclic) bond motifs is 2. The van der Waals surface area contributed by atoms with Crippen molar-refractivity contribution in [3.05, 3.63) is 142 Å². The minimum Gasteiger partial charge on any atom is -0.289 e. The van der Waals surface area contributed by atoms with E-state index >= 15 is 0 Å². The largest absolute Gasteiger partial charge is 0.289 e. The predicted octanol–water partition coefficient (Wildman–Crippen LogP) is 5.94. The van der Waals surface area contributed by atoms with Gasteiger partial charge in [-0.25, -0.2) is 0 Å². The lowest BCUT2D eigenvalue weighted by Crippen LogP contribution is -2.20. The predicted molar refractivity (Wildman–Crippen MR) is 125 cm³/mol. The second-order valence-corrected chi connectivity index (χ2v) is 7.50. The molecule has 0 unspecified atom stereocenters. The summed E-state index contributed by atoms with van der Waals surface area (Å²) in [6.07, 6.45) is 0.858. The van der Waals surface area contributed by atoms with Gasteiger partial charge in [0.1, 0.15) is 0 Å². The molecule has 0 aromatic heterocycles. The van der Waals surface area contributed by atoms with Crippen LogP contribution in [0.1, 0.15) is 60.3 Å². The first-order valence-corrected chi connectivity index (χ1v) is 10.6. The van der Waals surface area contributed by atoms with Crippen molar-refractivity contribution >= 4 is 17.3 Å². The third-order valence-corrected chi connectivity index (χ3v) is 5.47. The first-order chi connectivity index (χ1) is 15.6. The summed E-state index contributed by atoms with van der Waals surface area (Å²) in [5.74, 6) is -0.0236. The van der Waals surface area contributed by atoms with Gasteiger partial charge in [0, 0.05) is 33.4 Å². The molecule has 0 fully saturated rings. The van der Waals surface area contributed by atoms with Gasteiger partial charge in [-0.15, -0.1) is 0 Å². The fourth-order valence-corrected chi connectivity index (χ4v) is 3.71. The zero-order chi connectivity index (χ0) is 22.5. The first kappa shape index (κ1) is 21.1. The minimum atomic E-state index is -0.0529. The van der Waals surface area contributed by atoms with E-state index in [0.29, 0.717) is 22.3 Å². The Kier molecular flexibility index (Phi) is 6.18. The lowest BCUT2D eigenvalue weighted by Gasteiger charge is -2.17. The second-order valence-electron chi connectivity index (χ2n) is 7.50. The van der Waals surface area contributed by atoms with Crippen molar-refractivity contribution in [2.45, 2.75) is 13.3 Å².